The van der Waals surface area contributed by atoms with Crippen molar-refractivity contribution in [3.63, 3.8) is 0 Å². The molecular weight excluding hydrogens is 439 g/mol. The molecule has 0 amide bonds. The lowest BCUT2D eigenvalue weighted by atomic mass is 10.0. The van der Waals surface area contributed by atoms with Crippen molar-refractivity contribution in [2.45, 2.75) is 94.9 Å². The van der Waals surface area contributed by atoms with E-state index in [1.165, 1.54) is 64.2 Å². The summed E-state index contributed by atoms with van der Waals surface area (Å²) in [6, 6.07) is 6.65. The number of halogens is 2. The summed E-state index contributed by atoms with van der Waals surface area (Å²) in [6.45, 7) is 4.55. The van der Waals surface area contributed by atoms with Gasteiger partial charge in [-0.2, -0.15) is 4.31 Å². The number of piperazine rings is 1. The zero-order chi connectivity index (χ0) is 21.0. The Balaban J connectivity index is 0.00000450. The van der Waals surface area contributed by atoms with Crippen LogP contribution in [0.5, 0.6) is 0 Å². The number of quaternary nitrogens is 1. The van der Waals surface area contributed by atoms with Crippen molar-refractivity contribution in [2.75, 3.05) is 19.6 Å². The Morgan fingerprint density at radius 3 is 2.03 bits per heavy atom. The van der Waals surface area contributed by atoms with Crippen LogP contribution in [0.1, 0.15) is 84.0 Å². The van der Waals surface area contributed by atoms with E-state index >= 15 is 0 Å². The van der Waals surface area contributed by atoms with Gasteiger partial charge in [0.2, 0.25) is 10.0 Å². The Kier molecular flexibility index (Phi) is 14.3. The summed E-state index contributed by atoms with van der Waals surface area (Å²) in [5.74, 6) is 0. The second-order valence-corrected chi connectivity index (χ2v) is 10.7. The lowest BCUT2D eigenvalue weighted by molar-refractivity contribution is -0.667. The van der Waals surface area contributed by atoms with E-state index < -0.39 is 10.0 Å². The molecule has 1 aromatic rings. The molecule has 1 unspecified atom stereocenters. The first kappa shape index (κ1) is 27.7. The maximum Gasteiger partial charge on any atom is 0.243 e. The average Bonchev–Trinajstić information content (AvgIpc) is 2.72. The molecule has 0 saturated carbocycles. The van der Waals surface area contributed by atoms with Crippen LogP contribution in [0.2, 0.25) is 5.02 Å². The van der Waals surface area contributed by atoms with Gasteiger partial charge < -0.3 is 17.7 Å². The van der Waals surface area contributed by atoms with E-state index in [0.717, 1.165) is 25.9 Å². The monoisotopic (exact) mass is 478 g/mol. The van der Waals surface area contributed by atoms with Crippen molar-refractivity contribution in [3.05, 3.63) is 29.3 Å². The molecule has 4 nitrogen and oxygen atoms in total. The SMILES string of the molecule is CCCCCCCCCCCCCC1C[NH2+]CCN1S(=O)(=O)c1ccc(Cl)cc1.[Cl-]. The lowest BCUT2D eigenvalue weighted by Crippen LogP contribution is -3.00. The number of nitrogens with zero attached hydrogens (tertiary/aromatic N) is 1. The average molecular weight is 480 g/mol. The van der Waals surface area contributed by atoms with Crippen LogP contribution < -0.4 is 17.7 Å². The highest BCUT2D eigenvalue weighted by atomic mass is 35.5. The van der Waals surface area contributed by atoms with Crippen LogP contribution in [0, 0.1) is 0 Å². The van der Waals surface area contributed by atoms with Gasteiger partial charge in [0.15, 0.2) is 0 Å². The highest BCUT2D eigenvalue weighted by molar-refractivity contribution is 7.89. The fourth-order valence-corrected chi connectivity index (χ4v) is 6.00. The van der Waals surface area contributed by atoms with E-state index in [9.17, 15) is 8.42 Å². The number of nitrogens with two attached hydrogens (primary N) is 1. The molecule has 1 atom stereocenters. The number of sulfonamides is 1. The quantitative estimate of drug-likeness (QED) is 0.415. The van der Waals surface area contributed by atoms with E-state index in [0.29, 0.717) is 16.5 Å². The molecule has 1 aromatic carbocycles. The van der Waals surface area contributed by atoms with Crippen LogP contribution >= 0.6 is 11.6 Å². The summed E-state index contributed by atoms with van der Waals surface area (Å²) >= 11 is 5.92. The lowest BCUT2D eigenvalue weighted by Gasteiger charge is -2.33. The standard InChI is InChI=1S/C23H39ClN2O2S.ClH/c1-2-3-4-5-6-7-8-9-10-11-12-13-22-20-25-18-19-26(22)29(27,28)23-16-14-21(24)15-17-23;/h14-17,22,25H,2-13,18-20H2,1H3;1H. The van der Waals surface area contributed by atoms with Gasteiger partial charge in [-0.1, -0.05) is 89.2 Å². The van der Waals surface area contributed by atoms with E-state index in [-0.39, 0.29) is 18.4 Å². The normalized spacial score (nSPS) is 17.6. The Bertz CT molecular complexity index is 668. The van der Waals surface area contributed by atoms with Crippen molar-refractivity contribution >= 4 is 21.6 Å². The van der Waals surface area contributed by atoms with Crippen molar-refractivity contribution in [1.29, 1.82) is 0 Å². The summed E-state index contributed by atoms with van der Waals surface area (Å²) in [6.07, 6.45) is 15.5. The second kappa shape index (κ2) is 15.5. The third kappa shape index (κ3) is 9.44. The molecular formula is C23H40Cl2N2O2S. The topological polar surface area (TPSA) is 54.0 Å². The molecule has 0 radical (unpaired) electrons. The summed E-state index contributed by atoms with van der Waals surface area (Å²) in [7, 11) is -3.44. The van der Waals surface area contributed by atoms with Gasteiger partial charge in [0.05, 0.1) is 30.6 Å². The second-order valence-electron chi connectivity index (χ2n) is 8.36. The van der Waals surface area contributed by atoms with Gasteiger partial charge in [0, 0.05) is 5.02 Å². The van der Waals surface area contributed by atoms with E-state index in [1.807, 2.05) is 0 Å². The zero-order valence-electron chi connectivity index (χ0n) is 18.5. The molecule has 2 rings (SSSR count). The Morgan fingerprint density at radius 1 is 0.933 bits per heavy atom. The van der Waals surface area contributed by atoms with Crippen LogP contribution in [-0.4, -0.2) is 38.4 Å². The fourth-order valence-electron chi connectivity index (χ4n) is 4.19. The number of benzene rings is 1. The smallest absolute Gasteiger partial charge is 0.243 e. The number of rotatable bonds is 14. The molecule has 1 aliphatic rings. The first-order valence-corrected chi connectivity index (χ1v) is 13.5. The minimum atomic E-state index is -3.44. The first-order chi connectivity index (χ1) is 14.1. The van der Waals surface area contributed by atoms with E-state index in [1.54, 1.807) is 28.6 Å². The van der Waals surface area contributed by atoms with Crippen LogP contribution in [0.4, 0.5) is 0 Å². The van der Waals surface area contributed by atoms with Crippen LogP contribution in [-0.2, 0) is 10.0 Å². The molecule has 1 fully saturated rings. The maximum atomic E-state index is 13.1. The van der Waals surface area contributed by atoms with E-state index in [4.69, 9.17) is 11.6 Å². The summed E-state index contributed by atoms with van der Waals surface area (Å²) < 4.78 is 27.9. The third-order valence-electron chi connectivity index (χ3n) is 5.96. The van der Waals surface area contributed by atoms with Crippen molar-refractivity contribution in [3.8, 4) is 0 Å². The third-order valence-corrected chi connectivity index (χ3v) is 8.18. The zero-order valence-corrected chi connectivity index (χ0v) is 20.8. The van der Waals surface area contributed by atoms with Crippen LogP contribution in [0.15, 0.2) is 29.2 Å². The number of unbranched alkanes of at least 4 members (excludes halogenated alkanes) is 10. The van der Waals surface area contributed by atoms with Gasteiger partial charge >= 0.3 is 0 Å². The molecule has 1 heterocycles. The molecule has 2 N–H and O–H groups in total. The Labute approximate surface area is 195 Å². The largest absolute Gasteiger partial charge is 1.00 e. The summed E-state index contributed by atoms with van der Waals surface area (Å²) in [5.41, 5.74) is 0. The molecule has 0 aromatic heterocycles. The van der Waals surface area contributed by atoms with Crippen molar-refractivity contribution in [1.82, 2.24) is 4.31 Å². The highest BCUT2D eigenvalue weighted by Gasteiger charge is 2.34. The molecule has 30 heavy (non-hydrogen) atoms. The van der Waals surface area contributed by atoms with Gasteiger partial charge in [0.25, 0.3) is 0 Å². The minimum absolute atomic E-state index is 0. The van der Waals surface area contributed by atoms with Crippen molar-refractivity contribution in [2.24, 2.45) is 0 Å². The van der Waals surface area contributed by atoms with Gasteiger partial charge in [0.1, 0.15) is 0 Å². The summed E-state index contributed by atoms with van der Waals surface area (Å²) in [4.78, 5) is 0.354. The Morgan fingerprint density at radius 2 is 1.47 bits per heavy atom. The minimum Gasteiger partial charge on any atom is -1.00 e. The molecule has 0 spiro atoms. The van der Waals surface area contributed by atoms with Gasteiger partial charge in [-0.3, -0.25) is 0 Å². The fraction of sp³-hybridized carbons (Fsp3) is 0.739. The van der Waals surface area contributed by atoms with Gasteiger partial charge in [-0.15, -0.1) is 0 Å². The number of hydrogen-bond donors (Lipinski definition) is 1. The molecule has 0 aliphatic carbocycles. The molecule has 1 saturated heterocycles. The maximum absolute atomic E-state index is 13.1. The van der Waals surface area contributed by atoms with Crippen LogP contribution in [0.3, 0.4) is 0 Å². The summed E-state index contributed by atoms with van der Waals surface area (Å²) in [5, 5.41) is 2.81. The van der Waals surface area contributed by atoms with Crippen molar-refractivity contribution < 1.29 is 26.1 Å². The molecule has 174 valence electrons. The predicted octanol–water partition coefficient (Wildman–Crippen LogP) is 1.98. The first-order valence-electron chi connectivity index (χ1n) is 11.6. The van der Waals surface area contributed by atoms with E-state index in [2.05, 4.69) is 12.2 Å². The number of hydrogen-bond acceptors (Lipinski definition) is 2. The predicted molar refractivity (Wildman–Crippen MR) is 122 cm³/mol. The van der Waals surface area contributed by atoms with Gasteiger partial charge in [-0.25, -0.2) is 8.42 Å². The van der Waals surface area contributed by atoms with Crippen LogP contribution in [0.25, 0.3) is 0 Å². The van der Waals surface area contributed by atoms with Gasteiger partial charge in [-0.05, 0) is 30.7 Å². The molecule has 0 bridgehead atoms. The Hall–Kier alpha value is -0.330. The highest BCUT2D eigenvalue weighted by Crippen LogP contribution is 2.23. The molecule has 1 aliphatic heterocycles. The molecule has 7 heteroatoms.